The van der Waals surface area contributed by atoms with E-state index in [4.69, 9.17) is 10.5 Å². The fourth-order valence-corrected chi connectivity index (χ4v) is 2.78. The number of nitrogen functional groups attached to an aromatic ring is 1. The van der Waals surface area contributed by atoms with Crippen molar-refractivity contribution in [3.63, 3.8) is 0 Å². The van der Waals surface area contributed by atoms with E-state index < -0.39 is 0 Å². The van der Waals surface area contributed by atoms with Crippen LogP contribution >= 0.6 is 11.8 Å². The number of ether oxygens (including phenoxy) is 1. The molecular formula is C14H14N6O3S. The summed E-state index contributed by atoms with van der Waals surface area (Å²) in [5, 5.41) is 13.0. The maximum Gasteiger partial charge on any atom is 0.234 e. The first-order chi connectivity index (χ1) is 11.6. The largest absolute Gasteiger partial charge is 0.506 e. The van der Waals surface area contributed by atoms with Crippen LogP contribution in [0.15, 0.2) is 29.6 Å². The minimum absolute atomic E-state index is 0.0741. The van der Waals surface area contributed by atoms with Crippen molar-refractivity contribution in [2.75, 3.05) is 23.9 Å². The number of benzene rings is 1. The number of hydrogen-bond donors (Lipinski definition) is 4. The van der Waals surface area contributed by atoms with Gasteiger partial charge in [0.2, 0.25) is 11.9 Å². The van der Waals surface area contributed by atoms with E-state index in [1.54, 1.807) is 12.1 Å². The van der Waals surface area contributed by atoms with Crippen LogP contribution in [0.4, 0.5) is 11.6 Å². The van der Waals surface area contributed by atoms with Gasteiger partial charge in [-0.2, -0.15) is 4.98 Å². The van der Waals surface area contributed by atoms with Crippen LogP contribution in [0.1, 0.15) is 0 Å². The predicted molar refractivity (Wildman–Crippen MR) is 90.1 cm³/mol. The van der Waals surface area contributed by atoms with Gasteiger partial charge in [0.25, 0.3) is 0 Å². The quantitative estimate of drug-likeness (QED) is 0.309. The summed E-state index contributed by atoms with van der Waals surface area (Å²) in [5.41, 5.74) is 6.99. The van der Waals surface area contributed by atoms with Gasteiger partial charge in [-0.3, -0.25) is 4.79 Å². The highest BCUT2D eigenvalue weighted by Gasteiger charge is 2.13. The zero-order valence-electron chi connectivity index (χ0n) is 12.6. The number of imidazole rings is 1. The number of carbonyl (C=O) groups is 1. The third kappa shape index (κ3) is 3.33. The zero-order valence-corrected chi connectivity index (χ0v) is 13.4. The summed E-state index contributed by atoms with van der Waals surface area (Å²) in [6.45, 7) is 0. The summed E-state index contributed by atoms with van der Waals surface area (Å²) in [7, 11) is 1.49. The lowest BCUT2D eigenvalue weighted by Crippen LogP contribution is -2.14. The summed E-state index contributed by atoms with van der Waals surface area (Å²) in [5.74, 6) is 0.291. The molecule has 0 unspecified atom stereocenters. The Balaban J connectivity index is 1.68. The van der Waals surface area contributed by atoms with Crippen molar-refractivity contribution in [2.24, 2.45) is 0 Å². The monoisotopic (exact) mass is 346 g/mol. The van der Waals surface area contributed by atoms with Crippen LogP contribution in [0.5, 0.6) is 11.5 Å². The molecule has 3 aromatic rings. The number of aromatic hydroxyl groups is 1. The molecule has 0 aliphatic heterocycles. The molecule has 10 heteroatoms. The van der Waals surface area contributed by atoms with Gasteiger partial charge in [0.15, 0.2) is 5.65 Å². The van der Waals surface area contributed by atoms with Crippen LogP contribution in [0, 0.1) is 0 Å². The number of nitrogens with one attached hydrogen (secondary N) is 2. The Kier molecular flexibility index (Phi) is 4.38. The van der Waals surface area contributed by atoms with Gasteiger partial charge >= 0.3 is 0 Å². The number of nitrogens with zero attached hydrogens (tertiary/aromatic N) is 3. The smallest absolute Gasteiger partial charge is 0.234 e. The number of aromatic nitrogens is 4. The van der Waals surface area contributed by atoms with Crippen molar-refractivity contribution in [1.82, 2.24) is 19.9 Å². The highest BCUT2D eigenvalue weighted by Crippen LogP contribution is 2.28. The minimum Gasteiger partial charge on any atom is -0.506 e. The molecule has 1 amide bonds. The Morgan fingerprint density at radius 3 is 3.04 bits per heavy atom. The Hall–Kier alpha value is -3.01. The van der Waals surface area contributed by atoms with E-state index >= 15 is 0 Å². The summed E-state index contributed by atoms with van der Waals surface area (Å²) < 4.78 is 4.99. The number of methoxy groups -OCH3 is 1. The number of hydrogen-bond acceptors (Lipinski definition) is 8. The van der Waals surface area contributed by atoms with Crippen molar-refractivity contribution in [2.45, 2.75) is 5.03 Å². The SMILES string of the molecule is COc1ccc(NC(=O)CSc2nc(N)nc3nc[nH]c23)c(O)c1. The summed E-state index contributed by atoms with van der Waals surface area (Å²) >= 11 is 1.19. The summed E-state index contributed by atoms with van der Waals surface area (Å²) in [6, 6.07) is 4.62. The lowest BCUT2D eigenvalue weighted by Gasteiger charge is -2.08. The van der Waals surface area contributed by atoms with Gasteiger partial charge < -0.3 is 25.9 Å². The fourth-order valence-electron chi connectivity index (χ4n) is 1.99. The van der Waals surface area contributed by atoms with Crippen LogP contribution in [0.25, 0.3) is 11.2 Å². The van der Waals surface area contributed by atoms with Crippen molar-refractivity contribution in [1.29, 1.82) is 0 Å². The van der Waals surface area contributed by atoms with Crippen molar-refractivity contribution >= 4 is 40.5 Å². The number of thioether (sulfide) groups is 1. The maximum atomic E-state index is 12.1. The first-order valence-electron chi connectivity index (χ1n) is 6.83. The number of rotatable bonds is 5. The fraction of sp³-hybridized carbons (Fsp3) is 0.143. The third-order valence-electron chi connectivity index (χ3n) is 3.09. The molecule has 0 saturated carbocycles. The number of aromatic amines is 1. The number of H-pyrrole nitrogens is 1. The first kappa shape index (κ1) is 15.9. The van der Waals surface area contributed by atoms with Crippen molar-refractivity contribution in [3.05, 3.63) is 24.5 Å². The number of anilines is 2. The number of carbonyl (C=O) groups excluding carboxylic acids is 1. The molecule has 1 aromatic carbocycles. The van der Waals surface area contributed by atoms with Gasteiger partial charge in [-0.25, -0.2) is 9.97 Å². The minimum atomic E-state index is -0.301. The maximum absolute atomic E-state index is 12.1. The van der Waals surface area contributed by atoms with E-state index in [1.807, 2.05) is 0 Å². The van der Waals surface area contributed by atoms with Gasteiger partial charge in [-0.1, -0.05) is 11.8 Å². The Morgan fingerprint density at radius 1 is 1.46 bits per heavy atom. The number of amides is 1. The predicted octanol–water partition coefficient (Wildman–Crippen LogP) is 1.38. The van der Waals surface area contributed by atoms with Crippen LogP contribution < -0.4 is 15.8 Å². The summed E-state index contributed by atoms with van der Waals surface area (Å²) in [4.78, 5) is 27.1. The molecule has 2 aromatic heterocycles. The van der Waals surface area contributed by atoms with E-state index in [0.717, 1.165) is 0 Å². The van der Waals surface area contributed by atoms with Gasteiger partial charge in [0.05, 0.1) is 24.9 Å². The molecule has 0 bridgehead atoms. The summed E-state index contributed by atoms with van der Waals surface area (Å²) in [6.07, 6.45) is 1.48. The molecule has 0 aliphatic rings. The Bertz CT molecular complexity index is 897. The topological polar surface area (TPSA) is 139 Å². The molecule has 2 heterocycles. The molecule has 124 valence electrons. The molecule has 0 spiro atoms. The molecule has 3 rings (SSSR count). The number of phenolic OH excluding ortho intramolecular Hbond substituents is 1. The van der Waals surface area contributed by atoms with Gasteiger partial charge in [0.1, 0.15) is 22.0 Å². The molecule has 0 fully saturated rings. The molecule has 5 N–H and O–H groups in total. The highest BCUT2D eigenvalue weighted by atomic mass is 32.2. The number of nitrogens with two attached hydrogens (primary N) is 1. The van der Waals surface area contributed by atoms with Crippen molar-refractivity contribution in [3.8, 4) is 11.5 Å². The van der Waals surface area contributed by atoms with E-state index in [2.05, 4.69) is 25.3 Å². The zero-order chi connectivity index (χ0) is 17.1. The number of phenols is 1. The van der Waals surface area contributed by atoms with E-state index in [1.165, 1.54) is 31.3 Å². The second-order valence-corrected chi connectivity index (χ2v) is 5.67. The van der Waals surface area contributed by atoms with E-state index in [-0.39, 0.29) is 23.4 Å². The molecule has 0 radical (unpaired) electrons. The Morgan fingerprint density at radius 2 is 2.29 bits per heavy atom. The second kappa shape index (κ2) is 6.62. The van der Waals surface area contributed by atoms with Crippen LogP contribution in [-0.4, -0.2) is 43.8 Å². The lowest BCUT2D eigenvalue weighted by atomic mass is 10.2. The third-order valence-corrected chi connectivity index (χ3v) is 4.06. The highest BCUT2D eigenvalue weighted by molar-refractivity contribution is 8.00. The van der Waals surface area contributed by atoms with Crippen LogP contribution in [0.3, 0.4) is 0 Å². The average molecular weight is 346 g/mol. The van der Waals surface area contributed by atoms with E-state index in [9.17, 15) is 9.90 Å². The molecular weight excluding hydrogens is 332 g/mol. The molecule has 0 atom stereocenters. The standard InChI is InChI=1S/C14H14N6O3S/c1-23-7-2-3-8(9(21)4-7)18-10(22)5-24-13-11-12(17-6-16-11)19-14(15)20-13/h2-4,6,21H,5H2,1H3,(H,18,22)(H3,15,16,17,19,20). The Labute approximate surface area is 140 Å². The van der Waals surface area contributed by atoms with Crippen LogP contribution in [0.2, 0.25) is 0 Å². The number of fused-ring (bicyclic) bond motifs is 1. The van der Waals surface area contributed by atoms with E-state index in [0.29, 0.717) is 27.6 Å². The average Bonchev–Trinajstić information content (AvgIpc) is 3.02. The van der Waals surface area contributed by atoms with Crippen molar-refractivity contribution < 1.29 is 14.6 Å². The first-order valence-corrected chi connectivity index (χ1v) is 7.81. The molecule has 0 aliphatic carbocycles. The van der Waals surface area contributed by atoms with Gasteiger partial charge in [-0.05, 0) is 12.1 Å². The molecule has 9 nitrogen and oxygen atoms in total. The lowest BCUT2D eigenvalue weighted by molar-refractivity contribution is -0.113. The van der Waals surface area contributed by atoms with Gasteiger partial charge in [0, 0.05) is 6.07 Å². The second-order valence-electron chi connectivity index (χ2n) is 4.71. The van der Waals surface area contributed by atoms with Crippen LogP contribution in [-0.2, 0) is 4.79 Å². The normalized spacial score (nSPS) is 10.7. The molecule has 0 saturated heterocycles. The molecule has 24 heavy (non-hydrogen) atoms. The van der Waals surface area contributed by atoms with Gasteiger partial charge in [-0.15, -0.1) is 0 Å².